The first-order valence-corrected chi connectivity index (χ1v) is 8.49. The number of rotatable bonds is 2. The lowest BCUT2D eigenvalue weighted by atomic mass is 9.95. The molecule has 0 spiro atoms. The Balaban J connectivity index is 0.000000771. The Morgan fingerprint density at radius 2 is 1.94 bits per heavy atom. The highest BCUT2D eigenvalue weighted by molar-refractivity contribution is 14.1. The van der Waals surface area contributed by atoms with Crippen molar-refractivity contribution >= 4 is 28.4 Å². The van der Waals surface area contributed by atoms with Crippen LogP contribution in [0.3, 0.4) is 0 Å². The van der Waals surface area contributed by atoms with Gasteiger partial charge >= 0.3 is 0 Å². The van der Waals surface area contributed by atoms with E-state index >= 15 is 0 Å². The molecule has 2 rings (SSSR count). The quantitative estimate of drug-likeness (QED) is 0.458. The number of benzene rings is 1. The van der Waals surface area contributed by atoms with Crippen molar-refractivity contribution in [3.63, 3.8) is 0 Å². The standard InChI is InChI=1S/C14H19NO.CH3I/c1-15(2)10-12-8-5-7-11-6-3-4-9-13(11)14(12)16;1-2/h3-4,6,9,12H,5,7-8,10H2,1-2H3;1H3. The topological polar surface area (TPSA) is 20.3 Å². The lowest BCUT2D eigenvalue weighted by Crippen LogP contribution is -2.27. The van der Waals surface area contributed by atoms with Crippen molar-refractivity contribution < 1.29 is 4.79 Å². The number of hydrogen-bond acceptors (Lipinski definition) is 2. The zero-order valence-corrected chi connectivity index (χ0v) is 13.6. The van der Waals surface area contributed by atoms with Gasteiger partial charge in [-0.1, -0.05) is 46.9 Å². The van der Waals surface area contributed by atoms with Crippen LogP contribution in [0, 0.1) is 5.92 Å². The maximum atomic E-state index is 12.3. The molecule has 1 aromatic carbocycles. The van der Waals surface area contributed by atoms with Gasteiger partial charge in [-0.05, 0) is 43.9 Å². The minimum atomic E-state index is 0.179. The van der Waals surface area contributed by atoms with Gasteiger partial charge in [0.1, 0.15) is 0 Å². The van der Waals surface area contributed by atoms with Gasteiger partial charge < -0.3 is 4.90 Å². The number of fused-ring (bicyclic) bond motifs is 1. The molecule has 2 nitrogen and oxygen atoms in total. The van der Waals surface area contributed by atoms with Gasteiger partial charge in [0.25, 0.3) is 0 Å². The molecule has 0 amide bonds. The fourth-order valence-corrected chi connectivity index (χ4v) is 2.48. The molecule has 0 saturated carbocycles. The van der Waals surface area contributed by atoms with E-state index in [0.29, 0.717) is 5.78 Å². The van der Waals surface area contributed by atoms with Crippen LogP contribution >= 0.6 is 22.6 Å². The fraction of sp³-hybridized carbons (Fsp3) is 0.533. The summed E-state index contributed by atoms with van der Waals surface area (Å²) in [6.45, 7) is 0.868. The molecule has 100 valence electrons. The Morgan fingerprint density at radius 3 is 2.61 bits per heavy atom. The molecular weight excluding hydrogens is 337 g/mol. The number of halogens is 1. The molecule has 0 heterocycles. The number of carbonyl (C=O) groups is 1. The van der Waals surface area contributed by atoms with E-state index in [1.807, 2.05) is 37.2 Å². The number of alkyl halides is 1. The van der Waals surface area contributed by atoms with Gasteiger partial charge in [0.05, 0.1) is 0 Å². The Morgan fingerprint density at radius 1 is 1.28 bits per heavy atom. The van der Waals surface area contributed by atoms with Crippen LogP contribution in [0.4, 0.5) is 0 Å². The molecule has 1 aromatic rings. The van der Waals surface area contributed by atoms with Crippen LogP contribution < -0.4 is 0 Å². The summed E-state index contributed by atoms with van der Waals surface area (Å²) in [6, 6.07) is 8.06. The van der Waals surface area contributed by atoms with Gasteiger partial charge in [-0.15, -0.1) is 0 Å². The van der Waals surface area contributed by atoms with Gasteiger partial charge in [0.15, 0.2) is 5.78 Å². The average molecular weight is 359 g/mol. The number of aryl methyl sites for hydroxylation is 1. The number of nitrogens with zero attached hydrogens (tertiary/aromatic N) is 1. The highest BCUT2D eigenvalue weighted by Gasteiger charge is 2.25. The molecule has 0 aromatic heterocycles. The summed E-state index contributed by atoms with van der Waals surface area (Å²) in [7, 11) is 4.06. The predicted molar refractivity (Wildman–Crippen MR) is 85.7 cm³/mol. The maximum absolute atomic E-state index is 12.3. The monoisotopic (exact) mass is 359 g/mol. The van der Waals surface area contributed by atoms with Crippen molar-refractivity contribution in [2.45, 2.75) is 19.3 Å². The van der Waals surface area contributed by atoms with E-state index in [9.17, 15) is 4.79 Å². The van der Waals surface area contributed by atoms with Crippen molar-refractivity contribution in [3.8, 4) is 0 Å². The van der Waals surface area contributed by atoms with Gasteiger partial charge in [-0.2, -0.15) is 0 Å². The van der Waals surface area contributed by atoms with Crippen LogP contribution in [0.5, 0.6) is 0 Å². The zero-order chi connectivity index (χ0) is 13.5. The Labute approximate surface area is 124 Å². The summed E-state index contributed by atoms with van der Waals surface area (Å²) in [5.74, 6) is 0.514. The van der Waals surface area contributed by atoms with Crippen molar-refractivity contribution in [1.29, 1.82) is 0 Å². The van der Waals surface area contributed by atoms with Gasteiger partial charge in [0.2, 0.25) is 0 Å². The Bertz CT molecular complexity index is 390. The van der Waals surface area contributed by atoms with Gasteiger partial charge in [0, 0.05) is 18.0 Å². The maximum Gasteiger partial charge on any atom is 0.167 e. The summed E-state index contributed by atoms with van der Waals surface area (Å²) in [6.07, 6.45) is 3.19. The molecule has 0 bridgehead atoms. The summed E-state index contributed by atoms with van der Waals surface area (Å²) in [5.41, 5.74) is 2.18. The zero-order valence-electron chi connectivity index (χ0n) is 11.4. The van der Waals surface area contributed by atoms with Gasteiger partial charge in [-0.3, -0.25) is 4.79 Å². The normalized spacial score (nSPS) is 18.7. The SMILES string of the molecule is CI.CN(C)CC1CCCc2ccccc2C1=O. The molecule has 0 N–H and O–H groups in total. The second-order valence-corrected chi connectivity index (χ2v) is 4.87. The van der Waals surface area contributed by atoms with E-state index in [1.165, 1.54) is 5.56 Å². The van der Waals surface area contributed by atoms with Crippen molar-refractivity contribution in [1.82, 2.24) is 4.90 Å². The minimum absolute atomic E-state index is 0.179. The highest BCUT2D eigenvalue weighted by Crippen LogP contribution is 2.24. The Kier molecular flexibility index (Phi) is 6.86. The predicted octanol–water partition coefficient (Wildman–Crippen LogP) is 3.43. The third-order valence-corrected chi connectivity index (χ3v) is 3.24. The molecule has 0 saturated heterocycles. The molecule has 18 heavy (non-hydrogen) atoms. The first-order valence-electron chi connectivity index (χ1n) is 6.33. The van der Waals surface area contributed by atoms with E-state index in [2.05, 4.69) is 33.6 Å². The average Bonchev–Trinajstić information content (AvgIpc) is 2.53. The number of carbonyl (C=O) groups excluding carboxylic acids is 1. The van der Waals surface area contributed by atoms with Crippen LogP contribution in [-0.4, -0.2) is 36.3 Å². The van der Waals surface area contributed by atoms with Gasteiger partial charge in [-0.25, -0.2) is 0 Å². The number of Topliss-reactive ketones (excluding diaryl/α,β-unsaturated/α-hetero) is 1. The van der Waals surface area contributed by atoms with Crippen LogP contribution in [-0.2, 0) is 6.42 Å². The third kappa shape index (κ3) is 4.05. The van der Waals surface area contributed by atoms with E-state index < -0.39 is 0 Å². The first kappa shape index (κ1) is 15.6. The molecule has 0 fully saturated rings. The number of ketones is 1. The highest BCUT2D eigenvalue weighted by atomic mass is 127. The second kappa shape index (κ2) is 7.89. The molecule has 1 aliphatic carbocycles. The lowest BCUT2D eigenvalue weighted by Gasteiger charge is -2.18. The molecule has 1 atom stereocenters. The fourth-order valence-electron chi connectivity index (χ4n) is 2.48. The van der Waals surface area contributed by atoms with Crippen molar-refractivity contribution in [2.75, 3.05) is 25.6 Å². The number of hydrogen-bond donors (Lipinski definition) is 0. The van der Waals surface area contributed by atoms with E-state index in [4.69, 9.17) is 0 Å². The molecule has 0 aliphatic heterocycles. The molecule has 1 aliphatic rings. The summed E-state index contributed by atoms with van der Waals surface area (Å²) < 4.78 is 0. The smallest absolute Gasteiger partial charge is 0.167 e. The molecule has 3 heteroatoms. The second-order valence-electron chi connectivity index (χ2n) is 4.87. The molecule has 1 unspecified atom stereocenters. The molecular formula is C15H22INO. The van der Waals surface area contributed by atoms with Crippen LogP contribution in [0.1, 0.15) is 28.8 Å². The lowest BCUT2D eigenvalue weighted by molar-refractivity contribution is 0.0892. The minimum Gasteiger partial charge on any atom is -0.309 e. The van der Waals surface area contributed by atoms with Crippen LogP contribution in [0.2, 0.25) is 0 Å². The van der Waals surface area contributed by atoms with E-state index in [-0.39, 0.29) is 5.92 Å². The molecule has 0 radical (unpaired) electrons. The van der Waals surface area contributed by atoms with Crippen molar-refractivity contribution in [2.24, 2.45) is 5.92 Å². The van der Waals surface area contributed by atoms with Crippen LogP contribution in [0.15, 0.2) is 24.3 Å². The van der Waals surface area contributed by atoms with Crippen molar-refractivity contribution in [3.05, 3.63) is 35.4 Å². The first-order chi connectivity index (χ1) is 8.68. The van der Waals surface area contributed by atoms with E-state index in [0.717, 1.165) is 31.4 Å². The van der Waals surface area contributed by atoms with E-state index in [1.54, 1.807) is 0 Å². The summed E-state index contributed by atoms with van der Waals surface area (Å²) in [5, 5.41) is 0. The summed E-state index contributed by atoms with van der Waals surface area (Å²) in [4.78, 5) is 16.4. The largest absolute Gasteiger partial charge is 0.309 e. The Hall–Kier alpha value is -0.420. The third-order valence-electron chi connectivity index (χ3n) is 3.24. The van der Waals surface area contributed by atoms with Crippen LogP contribution in [0.25, 0.3) is 0 Å². The summed E-state index contributed by atoms with van der Waals surface area (Å²) >= 11 is 2.15.